The number of hydrogen-bond donors (Lipinski definition) is 2. The third kappa shape index (κ3) is 2.90. The Morgan fingerprint density at radius 2 is 2.15 bits per heavy atom. The summed E-state index contributed by atoms with van der Waals surface area (Å²) in [6.07, 6.45) is 0. The van der Waals surface area contributed by atoms with Gasteiger partial charge in [-0.3, -0.25) is 9.89 Å². The maximum atomic E-state index is 12.3. The predicted molar refractivity (Wildman–Crippen MR) is 86.7 cm³/mol. The van der Waals surface area contributed by atoms with Crippen molar-refractivity contribution in [3.63, 3.8) is 0 Å². The Morgan fingerprint density at radius 1 is 1.45 bits per heavy atom. The summed E-state index contributed by atoms with van der Waals surface area (Å²) >= 11 is 8.15. The standard InChI is InChI=1S/C13H13ClIN3O2/c1-6-7(2)17-18-12(6)16-13(19)8-4-9(14)10(15)5-11(8)20-3/h4-5H,1-3H3,(H2,16,17,18,19). The molecule has 0 aliphatic carbocycles. The number of rotatable bonds is 3. The Morgan fingerprint density at radius 3 is 2.70 bits per heavy atom. The summed E-state index contributed by atoms with van der Waals surface area (Å²) in [5.41, 5.74) is 2.18. The van der Waals surface area contributed by atoms with Crippen molar-refractivity contribution in [1.29, 1.82) is 0 Å². The van der Waals surface area contributed by atoms with Crippen LogP contribution in [0.5, 0.6) is 5.75 Å². The van der Waals surface area contributed by atoms with Gasteiger partial charge in [-0.1, -0.05) is 11.6 Å². The van der Waals surface area contributed by atoms with Crippen molar-refractivity contribution < 1.29 is 9.53 Å². The molecule has 0 saturated heterocycles. The van der Waals surface area contributed by atoms with E-state index in [1.54, 1.807) is 12.1 Å². The molecule has 2 aromatic rings. The molecule has 0 atom stereocenters. The Kier molecular flexibility index (Phi) is 4.54. The van der Waals surface area contributed by atoms with E-state index in [-0.39, 0.29) is 5.91 Å². The lowest BCUT2D eigenvalue weighted by Gasteiger charge is -2.10. The molecular formula is C13H13ClIN3O2. The molecule has 1 amide bonds. The Balaban J connectivity index is 2.34. The van der Waals surface area contributed by atoms with Gasteiger partial charge in [0.1, 0.15) is 5.75 Å². The van der Waals surface area contributed by atoms with Crippen LogP contribution in [0.25, 0.3) is 0 Å². The number of halogens is 2. The second-order valence-corrected chi connectivity index (χ2v) is 5.81. The lowest BCUT2D eigenvalue weighted by molar-refractivity contribution is 0.102. The molecule has 0 spiro atoms. The van der Waals surface area contributed by atoms with Crippen molar-refractivity contribution >= 4 is 45.9 Å². The van der Waals surface area contributed by atoms with Gasteiger partial charge in [0.25, 0.3) is 5.91 Å². The van der Waals surface area contributed by atoms with Crippen LogP contribution in [0, 0.1) is 17.4 Å². The highest BCUT2D eigenvalue weighted by molar-refractivity contribution is 14.1. The summed E-state index contributed by atoms with van der Waals surface area (Å²) < 4.78 is 6.05. The predicted octanol–water partition coefficient (Wildman–Crippen LogP) is 3.55. The van der Waals surface area contributed by atoms with Gasteiger partial charge in [-0.2, -0.15) is 5.10 Å². The zero-order valence-corrected chi connectivity index (χ0v) is 14.1. The Hall–Kier alpha value is -1.28. The van der Waals surface area contributed by atoms with Crippen LogP contribution in [0.15, 0.2) is 12.1 Å². The fourth-order valence-electron chi connectivity index (χ4n) is 1.66. The zero-order valence-electron chi connectivity index (χ0n) is 11.2. The van der Waals surface area contributed by atoms with E-state index in [0.29, 0.717) is 22.2 Å². The zero-order chi connectivity index (χ0) is 14.9. The normalized spacial score (nSPS) is 10.4. The maximum absolute atomic E-state index is 12.3. The third-order valence-electron chi connectivity index (χ3n) is 2.97. The minimum absolute atomic E-state index is 0.310. The van der Waals surface area contributed by atoms with Crippen LogP contribution in [0.1, 0.15) is 21.6 Å². The van der Waals surface area contributed by atoms with Crippen molar-refractivity contribution in [2.75, 3.05) is 12.4 Å². The summed E-state index contributed by atoms with van der Waals surface area (Å²) in [6.45, 7) is 3.77. The van der Waals surface area contributed by atoms with E-state index in [0.717, 1.165) is 14.8 Å². The second kappa shape index (κ2) is 6.01. The SMILES string of the molecule is COc1cc(I)c(Cl)cc1C(=O)Nc1n[nH]c(C)c1C. The van der Waals surface area contributed by atoms with Gasteiger partial charge in [0.15, 0.2) is 5.82 Å². The molecule has 2 N–H and O–H groups in total. The smallest absolute Gasteiger partial charge is 0.260 e. The number of carbonyl (C=O) groups excluding carboxylic acids is 1. The Bertz CT molecular complexity index is 670. The monoisotopic (exact) mass is 405 g/mol. The van der Waals surface area contributed by atoms with Crippen LogP contribution in [0.3, 0.4) is 0 Å². The quantitative estimate of drug-likeness (QED) is 0.768. The molecule has 0 radical (unpaired) electrons. The van der Waals surface area contributed by atoms with Crippen LogP contribution in [0.2, 0.25) is 5.02 Å². The van der Waals surface area contributed by atoms with Crippen molar-refractivity contribution in [2.24, 2.45) is 0 Å². The fraction of sp³-hybridized carbons (Fsp3) is 0.231. The van der Waals surface area contributed by atoms with Gasteiger partial charge in [-0.25, -0.2) is 0 Å². The molecule has 1 aromatic heterocycles. The number of anilines is 1. The first-order valence-corrected chi connectivity index (χ1v) is 7.25. The van der Waals surface area contributed by atoms with Crippen LogP contribution in [-0.2, 0) is 0 Å². The van der Waals surface area contributed by atoms with E-state index < -0.39 is 0 Å². The van der Waals surface area contributed by atoms with Gasteiger partial charge in [-0.05, 0) is 48.6 Å². The molecule has 0 bridgehead atoms. The molecule has 2 rings (SSSR count). The van der Waals surface area contributed by atoms with Gasteiger partial charge in [0.2, 0.25) is 0 Å². The summed E-state index contributed by atoms with van der Waals surface area (Å²) in [5.74, 6) is 0.667. The summed E-state index contributed by atoms with van der Waals surface area (Å²) in [5, 5.41) is 10.1. The van der Waals surface area contributed by atoms with Gasteiger partial charge in [-0.15, -0.1) is 0 Å². The summed E-state index contributed by atoms with van der Waals surface area (Å²) in [7, 11) is 1.51. The first kappa shape index (κ1) is 15.1. The van der Waals surface area contributed by atoms with Crippen LogP contribution < -0.4 is 10.1 Å². The number of carbonyl (C=O) groups is 1. The molecule has 1 heterocycles. The van der Waals surface area contributed by atoms with Crippen LogP contribution in [-0.4, -0.2) is 23.2 Å². The van der Waals surface area contributed by atoms with Gasteiger partial charge >= 0.3 is 0 Å². The molecule has 20 heavy (non-hydrogen) atoms. The molecule has 106 valence electrons. The van der Waals surface area contributed by atoms with Gasteiger partial charge in [0, 0.05) is 14.8 Å². The number of aromatic amines is 1. The summed E-state index contributed by atoms with van der Waals surface area (Å²) in [4.78, 5) is 12.3. The van der Waals surface area contributed by atoms with E-state index in [2.05, 4.69) is 38.1 Å². The molecule has 0 aliphatic heterocycles. The number of aromatic nitrogens is 2. The number of benzene rings is 1. The lowest BCUT2D eigenvalue weighted by Crippen LogP contribution is -2.14. The average Bonchev–Trinajstić information content (AvgIpc) is 2.73. The summed E-state index contributed by atoms with van der Waals surface area (Å²) in [6, 6.07) is 3.31. The highest BCUT2D eigenvalue weighted by Crippen LogP contribution is 2.29. The first-order chi connectivity index (χ1) is 9.43. The highest BCUT2D eigenvalue weighted by Gasteiger charge is 2.17. The van der Waals surface area contributed by atoms with E-state index in [9.17, 15) is 4.79 Å². The fourth-order valence-corrected chi connectivity index (χ4v) is 2.26. The largest absolute Gasteiger partial charge is 0.496 e. The molecule has 5 nitrogen and oxygen atoms in total. The molecular weight excluding hydrogens is 393 g/mol. The number of nitrogens with zero attached hydrogens (tertiary/aromatic N) is 1. The highest BCUT2D eigenvalue weighted by atomic mass is 127. The maximum Gasteiger partial charge on any atom is 0.260 e. The number of hydrogen-bond acceptors (Lipinski definition) is 3. The molecule has 0 fully saturated rings. The van der Waals surface area contributed by atoms with E-state index in [4.69, 9.17) is 16.3 Å². The molecule has 0 saturated carbocycles. The number of ether oxygens (including phenoxy) is 1. The number of nitrogens with one attached hydrogen (secondary N) is 2. The van der Waals surface area contributed by atoms with Crippen LogP contribution in [0.4, 0.5) is 5.82 Å². The lowest BCUT2D eigenvalue weighted by atomic mass is 10.2. The number of H-pyrrole nitrogens is 1. The van der Waals surface area contributed by atoms with E-state index in [1.165, 1.54) is 7.11 Å². The Labute approximate surface area is 135 Å². The second-order valence-electron chi connectivity index (χ2n) is 4.24. The molecule has 0 aliphatic rings. The molecule has 7 heteroatoms. The number of amides is 1. The van der Waals surface area contributed by atoms with Gasteiger partial charge < -0.3 is 10.1 Å². The van der Waals surface area contributed by atoms with E-state index >= 15 is 0 Å². The van der Waals surface area contributed by atoms with Crippen molar-refractivity contribution in [3.8, 4) is 5.75 Å². The van der Waals surface area contributed by atoms with Crippen molar-refractivity contribution in [3.05, 3.63) is 37.5 Å². The van der Waals surface area contributed by atoms with Gasteiger partial charge in [0.05, 0.1) is 17.7 Å². The molecule has 0 unspecified atom stereocenters. The van der Waals surface area contributed by atoms with E-state index in [1.807, 2.05) is 13.8 Å². The molecule has 1 aromatic carbocycles. The van der Waals surface area contributed by atoms with Crippen molar-refractivity contribution in [2.45, 2.75) is 13.8 Å². The minimum Gasteiger partial charge on any atom is -0.496 e. The first-order valence-electron chi connectivity index (χ1n) is 5.80. The van der Waals surface area contributed by atoms with Crippen molar-refractivity contribution in [1.82, 2.24) is 10.2 Å². The number of aryl methyl sites for hydroxylation is 1. The average molecular weight is 406 g/mol. The third-order valence-corrected chi connectivity index (χ3v) is 4.50. The van der Waals surface area contributed by atoms with Crippen LogP contribution >= 0.6 is 34.2 Å². The minimum atomic E-state index is -0.310. The number of methoxy groups -OCH3 is 1. The topological polar surface area (TPSA) is 67.0 Å².